The van der Waals surface area contributed by atoms with E-state index in [0.29, 0.717) is 12.5 Å². The number of esters is 1. The van der Waals surface area contributed by atoms with E-state index in [1.807, 2.05) is 12.1 Å². The van der Waals surface area contributed by atoms with Crippen LogP contribution in [0.2, 0.25) is 0 Å². The molecular weight excluding hydrogens is 320 g/mol. The Morgan fingerprint density at radius 3 is 2.23 bits per heavy atom. The fraction of sp³-hybridized carbons (Fsp3) is 0.375. The van der Waals surface area contributed by atoms with Crippen molar-refractivity contribution in [1.29, 1.82) is 0 Å². The minimum Gasteiger partial charge on any atom is -0.462 e. The number of unbranched alkanes of at least 4 members (excludes halogenated alkanes) is 1. The Morgan fingerprint density at radius 2 is 1.65 bits per heavy atom. The molecule has 1 aliphatic rings. The molecule has 0 saturated heterocycles. The van der Waals surface area contributed by atoms with Crippen LogP contribution in [0.25, 0.3) is 5.57 Å². The van der Waals surface area contributed by atoms with Crippen molar-refractivity contribution in [2.45, 2.75) is 46.0 Å². The maximum atomic E-state index is 12.5. The lowest BCUT2D eigenvalue weighted by atomic mass is 9.82. The number of fused-ring (bicyclic) bond motifs is 2. The third kappa shape index (κ3) is 4.24. The van der Waals surface area contributed by atoms with E-state index in [9.17, 15) is 4.79 Å². The molecule has 3 rings (SSSR count). The Bertz CT molecular complexity index is 741. The maximum absolute atomic E-state index is 12.5. The monoisotopic (exact) mass is 348 g/mol. The van der Waals surface area contributed by atoms with Gasteiger partial charge in [-0.2, -0.15) is 0 Å². The summed E-state index contributed by atoms with van der Waals surface area (Å²) < 4.78 is 5.61. The third-order valence-electron chi connectivity index (χ3n) is 5.26. The summed E-state index contributed by atoms with van der Waals surface area (Å²) in [6.45, 7) is 4.88. The summed E-state index contributed by atoms with van der Waals surface area (Å²) in [5.41, 5.74) is 5.79. The number of carbonyl (C=O) groups is 1. The predicted molar refractivity (Wildman–Crippen MR) is 107 cm³/mol. The molecule has 0 saturated carbocycles. The highest BCUT2D eigenvalue weighted by atomic mass is 16.5. The highest BCUT2D eigenvalue weighted by Gasteiger charge is 2.20. The van der Waals surface area contributed by atoms with Crippen LogP contribution in [0.1, 0.15) is 61.8 Å². The Hall–Kier alpha value is -2.35. The van der Waals surface area contributed by atoms with Gasteiger partial charge in [-0.05, 0) is 46.6 Å². The van der Waals surface area contributed by atoms with E-state index in [1.54, 1.807) is 6.08 Å². The first kappa shape index (κ1) is 18.4. The highest BCUT2D eigenvalue weighted by molar-refractivity contribution is 5.98. The van der Waals surface area contributed by atoms with Crippen molar-refractivity contribution in [3.8, 4) is 0 Å². The molecule has 0 aliphatic heterocycles. The highest BCUT2D eigenvalue weighted by Crippen LogP contribution is 2.35. The van der Waals surface area contributed by atoms with Crippen molar-refractivity contribution in [3.63, 3.8) is 0 Å². The lowest BCUT2D eigenvalue weighted by Gasteiger charge is -2.22. The van der Waals surface area contributed by atoms with Gasteiger partial charge in [0.1, 0.15) is 0 Å². The summed E-state index contributed by atoms with van der Waals surface area (Å²) in [7, 11) is 0. The average Bonchev–Trinajstić information content (AvgIpc) is 2.68. The molecule has 0 heterocycles. The van der Waals surface area contributed by atoms with Gasteiger partial charge in [-0.1, -0.05) is 81.6 Å². The van der Waals surface area contributed by atoms with Crippen LogP contribution >= 0.6 is 0 Å². The van der Waals surface area contributed by atoms with Gasteiger partial charge in [0.25, 0.3) is 0 Å². The predicted octanol–water partition coefficient (Wildman–Crippen LogP) is 5.78. The Kier molecular flexibility index (Phi) is 6.27. The first-order chi connectivity index (χ1) is 12.7. The summed E-state index contributed by atoms with van der Waals surface area (Å²) >= 11 is 0. The topological polar surface area (TPSA) is 26.3 Å². The minimum atomic E-state index is -0.235. The SMILES string of the molecule is CCCCC(CC)COC(=O)C=C1c2ccccc2Cc2ccccc21. The molecule has 2 heteroatoms. The molecule has 1 unspecified atom stereocenters. The number of rotatable bonds is 7. The molecule has 26 heavy (non-hydrogen) atoms. The molecule has 0 fully saturated rings. The van der Waals surface area contributed by atoms with E-state index >= 15 is 0 Å². The summed E-state index contributed by atoms with van der Waals surface area (Å²) in [6, 6.07) is 16.7. The molecule has 0 amide bonds. The van der Waals surface area contributed by atoms with Crippen LogP contribution in [0.5, 0.6) is 0 Å². The van der Waals surface area contributed by atoms with Crippen molar-refractivity contribution in [2.75, 3.05) is 6.61 Å². The summed E-state index contributed by atoms with van der Waals surface area (Å²) in [6.07, 6.45) is 7.15. The molecule has 0 spiro atoms. The average molecular weight is 348 g/mol. The molecule has 0 radical (unpaired) electrons. The zero-order valence-electron chi connectivity index (χ0n) is 15.8. The summed E-state index contributed by atoms with van der Waals surface area (Å²) in [5.74, 6) is 0.227. The molecule has 0 bridgehead atoms. The molecule has 136 valence electrons. The van der Waals surface area contributed by atoms with Gasteiger partial charge in [0.15, 0.2) is 0 Å². The van der Waals surface area contributed by atoms with E-state index in [0.717, 1.165) is 36.0 Å². The number of ether oxygens (including phenoxy) is 1. The van der Waals surface area contributed by atoms with Gasteiger partial charge in [-0.25, -0.2) is 4.79 Å². The summed E-state index contributed by atoms with van der Waals surface area (Å²) in [5, 5.41) is 0. The molecule has 2 aromatic carbocycles. The van der Waals surface area contributed by atoms with Gasteiger partial charge in [0.05, 0.1) is 6.61 Å². The van der Waals surface area contributed by atoms with E-state index < -0.39 is 0 Å². The molecular formula is C24H28O2. The fourth-order valence-electron chi connectivity index (χ4n) is 3.64. The standard InChI is InChI=1S/C24H28O2/c1-3-5-10-18(4-2)17-26-24(25)16-23-21-13-8-6-11-19(21)15-20-12-7-9-14-22(20)23/h6-9,11-14,16,18H,3-5,10,15,17H2,1-2H3. The van der Waals surface area contributed by atoms with Gasteiger partial charge in [0, 0.05) is 6.08 Å². The minimum absolute atomic E-state index is 0.235. The largest absolute Gasteiger partial charge is 0.462 e. The summed E-state index contributed by atoms with van der Waals surface area (Å²) in [4.78, 5) is 12.5. The Labute approximate surface area is 156 Å². The normalized spacial score (nSPS) is 13.5. The van der Waals surface area contributed by atoms with E-state index in [2.05, 4.69) is 50.2 Å². The van der Waals surface area contributed by atoms with Crippen LogP contribution < -0.4 is 0 Å². The fourth-order valence-corrected chi connectivity index (χ4v) is 3.64. The van der Waals surface area contributed by atoms with Crippen LogP contribution in [-0.2, 0) is 16.0 Å². The van der Waals surface area contributed by atoms with E-state index in [-0.39, 0.29) is 5.97 Å². The number of hydrogen-bond donors (Lipinski definition) is 0. The lowest BCUT2D eigenvalue weighted by Crippen LogP contribution is -2.14. The number of benzene rings is 2. The van der Waals surface area contributed by atoms with Crippen LogP contribution in [0.3, 0.4) is 0 Å². The van der Waals surface area contributed by atoms with Crippen molar-refractivity contribution in [3.05, 3.63) is 76.9 Å². The number of carbonyl (C=O) groups excluding carboxylic acids is 1. The lowest BCUT2D eigenvalue weighted by molar-refractivity contribution is -0.139. The Morgan fingerprint density at radius 1 is 1.04 bits per heavy atom. The van der Waals surface area contributed by atoms with Crippen LogP contribution in [0.15, 0.2) is 54.6 Å². The molecule has 1 aliphatic carbocycles. The van der Waals surface area contributed by atoms with Gasteiger partial charge in [-0.15, -0.1) is 0 Å². The first-order valence-electron chi connectivity index (χ1n) is 9.78. The molecule has 1 atom stereocenters. The van der Waals surface area contributed by atoms with Gasteiger partial charge < -0.3 is 4.74 Å². The van der Waals surface area contributed by atoms with Crippen molar-refractivity contribution >= 4 is 11.5 Å². The smallest absolute Gasteiger partial charge is 0.331 e. The van der Waals surface area contributed by atoms with Gasteiger partial charge in [0.2, 0.25) is 0 Å². The molecule has 0 aromatic heterocycles. The van der Waals surface area contributed by atoms with Gasteiger partial charge >= 0.3 is 5.97 Å². The zero-order chi connectivity index (χ0) is 18.4. The second-order valence-electron chi connectivity index (χ2n) is 7.10. The molecule has 2 nitrogen and oxygen atoms in total. The first-order valence-corrected chi connectivity index (χ1v) is 9.78. The van der Waals surface area contributed by atoms with Gasteiger partial charge in [-0.3, -0.25) is 0 Å². The second-order valence-corrected chi connectivity index (χ2v) is 7.10. The van der Waals surface area contributed by atoms with Crippen molar-refractivity contribution in [2.24, 2.45) is 5.92 Å². The van der Waals surface area contributed by atoms with Crippen LogP contribution in [0, 0.1) is 5.92 Å². The van der Waals surface area contributed by atoms with E-state index in [4.69, 9.17) is 4.74 Å². The number of hydrogen-bond acceptors (Lipinski definition) is 2. The maximum Gasteiger partial charge on any atom is 0.331 e. The third-order valence-corrected chi connectivity index (χ3v) is 5.26. The Balaban J connectivity index is 1.80. The van der Waals surface area contributed by atoms with Crippen LogP contribution in [-0.4, -0.2) is 12.6 Å². The molecule has 0 N–H and O–H groups in total. The second kappa shape index (κ2) is 8.84. The van der Waals surface area contributed by atoms with E-state index in [1.165, 1.54) is 24.0 Å². The molecule has 2 aromatic rings. The van der Waals surface area contributed by atoms with Crippen LogP contribution in [0.4, 0.5) is 0 Å². The van der Waals surface area contributed by atoms with Crippen molar-refractivity contribution < 1.29 is 9.53 Å². The zero-order valence-corrected chi connectivity index (χ0v) is 15.8. The van der Waals surface area contributed by atoms with Crippen molar-refractivity contribution in [1.82, 2.24) is 0 Å². The quantitative estimate of drug-likeness (QED) is 0.399.